The summed E-state index contributed by atoms with van der Waals surface area (Å²) in [6.45, 7) is 7.39. The SMILES string of the molecule is Cc1ccc(-n2c(SCC(=O)N(C)C(C)(C)C#N)nc3ccccc3c2=O)cc1C. The largest absolute Gasteiger partial charge is 0.327 e. The average molecular weight is 421 g/mol. The third kappa shape index (κ3) is 4.10. The summed E-state index contributed by atoms with van der Waals surface area (Å²) in [4.78, 5) is 32.0. The number of thioether (sulfide) groups is 1. The van der Waals surface area contributed by atoms with Gasteiger partial charge in [0.25, 0.3) is 5.56 Å². The van der Waals surface area contributed by atoms with Gasteiger partial charge in [0.05, 0.1) is 28.4 Å². The van der Waals surface area contributed by atoms with E-state index in [2.05, 4.69) is 11.1 Å². The topological polar surface area (TPSA) is 79.0 Å². The monoisotopic (exact) mass is 420 g/mol. The highest BCUT2D eigenvalue weighted by Crippen LogP contribution is 2.24. The molecule has 0 aliphatic carbocycles. The van der Waals surface area contributed by atoms with Crippen molar-refractivity contribution < 1.29 is 4.79 Å². The molecule has 1 heterocycles. The molecule has 0 aliphatic rings. The van der Waals surface area contributed by atoms with Crippen LogP contribution in [0.4, 0.5) is 0 Å². The summed E-state index contributed by atoms with van der Waals surface area (Å²) >= 11 is 1.20. The molecule has 0 atom stereocenters. The van der Waals surface area contributed by atoms with Crippen molar-refractivity contribution in [1.29, 1.82) is 5.26 Å². The number of rotatable bonds is 5. The third-order valence-corrected chi connectivity index (χ3v) is 6.23. The first kappa shape index (κ1) is 21.6. The van der Waals surface area contributed by atoms with Crippen LogP contribution < -0.4 is 5.56 Å². The van der Waals surface area contributed by atoms with Crippen molar-refractivity contribution in [2.24, 2.45) is 0 Å². The third-order valence-electron chi connectivity index (χ3n) is 5.30. The molecule has 7 heteroatoms. The second kappa shape index (κ2) is 8.33. The fourth-order valence-electron chi connectivity index (χ4n) is 2.91. The number of fused-ring (bicyclic) bond motifs is 1. The zero-order chi connectivity index (χ0) is 22.1. The standard InChI is InChI=1S/C23H24N4O2S/c1-15-10-11-17(12-16(15)2)27-21(29)18-8-6-7-9-19(18)25-22(27)30-13-20(28)26(5)23(3,4)14-24/h6-12H,13H2,1-5H3. The van der Waals surface area contributed by atoms with Crippen molar-refractivity contribution in [2.45, 2.75) is 38.4 Å². The van der Waals surface area contributed by atoms with Gasteiger partial charge < -0.3 is 4.90 Å². The van der Waals surface area contributed by atoms with E-state index in [1.807, 2.05) is 44.2 Å². The van der Waals surface area contributed by atoms with E-state index in [0.29, 0.717) is 21.7 Å². The minimum atomic E-state index is -0.914. The molecule has 2 aromatic carbocycles. The Balaban J connectivity index is 2.07. The molecule has 0 unspecified atom stereocenters. The molecule has 0 saturated heterocycles. The summed E-state index contributed by atoms with van der Waals surface area (Å²) in [5.41, 5.74) is 2.40. The quantitative estimate of drug-likeness (QED) is 0.463. The molecule has 0 bridgehead atoms. The number of aromatic nitrogens is 2. The summed E-state index contributed by atoms with van der Waals surface area (Å²) < 4.78 is 1.56. The minimum absolute atomic E-state index is 0.0667. The highest BCUT2D eigenvalue weighted by Gasteiger charge is 2.27. The zero-order valence-electron chi connectivity index (χ0n) is 17.8. The lowest BCUT2D eigenvalue weighted by atomic mass is 10.1. The molecule has 1 aromatic heterocycles. The number of carbonyl (C=O) groups is 1. The van der Waals surface area contributed by atoms with Crippen LogP contribution in [0, 0.1) is 25.2 Å². The molecule has 0 radical (unpaired) electrons. The van der Waals surface area contributed by atoms with Gasteiger partial charge in [-0.3, -0.25) is 14.2 Å². The Morgan fingerprint density at radius 1 is 1.20 bits per heavy atom. The van der Waals surface area contributed by atoms with Crippen LogP contribution in [-0.2, 0) is 4.79 Å². The summed E-state index contributed by atoms with van der Waals surface area (Å²) in [5, 5.41) is 10.3. The predicted octanol–water partition coefficient (Wildman–Crippen LogP) is 3.86. The van der Waals surface area contributed by atoms with Crippen LogP contribution in [0.15, 0.2) is 52.4 Å². The van der Waals surface area contributed by atoms with Gasteiger partial charge in [-0.05, 0) is 63.1 Å². The lowest BCUT2D eigenvalue weighted by Crippen LogP contribution is -2.44. The molecule has 0 fully saturated rings. The van der Waals surface area contributed by atoms with Crippen LogP contribution in [0.2, 0.25) is 0 Å². The Morgan fingerprint density at radius 2 is 1.90 bits per heavy atom. The molecule has 3 aromatic rings. The highest BCUT2D eigenvalue weighted by atomic mass is 32.2. The van der Waals surface area contributed by atoms with Gasteiger partial charge in [-0.2, -0.15) is 5.26 Å². The van der Waals surface area contributed by atoms with Gasteiger partial charge in [0.1, 0.15) is 5.54 Å². The molecule has 154 valence electrons. The summed E-state index contributed by atoms with van der Waals surface area (Å²) in [7, 11) is 1.61. The molecular weight excluding hydrogens is 396 g/mol. The number of para-hydroxylation sites is 1. The minimum Gasteiger partial charge on any atom is -0.327 e. The number of hydrogen-bond acceptors (Lipinski definition) is 5. The lowest BCUT2D eigenvalue weighted by Gasteiger charge is -2.29. The van der Waals surface area contributed by atoms with E-state index < -0.39 is 5.54 Å². The van der Waals surface area contributed by atoms with E-state index >= 15 is 0 Å². The Morgan fingerprint density at radius 3 is 2.57 bits per heavy atom. The van der Waals surface area contributed by atoms with Crippen LogP contribution >= 0.6 is 11.8 Å². The Bertz CT molecular complexity index is 1220. The van der Waals surface area contributed by atoms with E-state index in [-0.39, 0.29) is 17.2 Å². The van der Waals surface area contributed by atoms with Crippen molar-refractivity contribution in [3.63, 3.8) is 0 Å². The van der Waals surface area contributed by atoms with Crippen LogP contribution in [-0.4, -0.2) is 38.7 Å². The zero-order valence-corrected chi connectivity index (χ0v) is 18.6. The first-order valence-electron chi connectivity index (χ1n) is 9.56. The molecular formula is C23H24N4O2S. The Kier molecular flexibility index (Phi) is 5.99. The van der Waals surface area contributed by atoms with Gasteiger partial charge in [0, 0.05) is 7.05 Å². The second-order valence-electron chi connectivity index (χ2n) is 7.73. The molecule has 6 nitrogen and oxygen atoms in total. The average Bonchev–Trinajstić information content (AvgIpc) is 2.73. The predicted molar refractivity (Wildman–Crippen MR) is 120 cm³/mol. The number of aryl methyl sites for hydroxylation is 2. The van der Waals surface area contributed by atoms with Crippen LogP contribution in [0.1, 0.15) is 25.0 Å². The first-order chi connectivity index (χ1) is 14.2. The summed E-state index contributed by atoms with van der Waals surface area (Å²) in [6, 6.07) is 15.1. The molecule has 1 amide bonds. The second-order valence-corrected chi connectivity index (χ2v) is 8.68. The Hall–Kier alpha value is -3.11. The summed E-state index contributed by atoms with van der Waals surface area (Å²) in [5.74, 6) is -0.141. The maximum absolute atomic E-state index is 13.3. The fraction of sp³-hybridized carbons (Fsp3) is 0.304. The molecule has 0 aliphatic heterocycles. The molecule has 0 spiro atoms. The van der Waals surface area contributed by atoms with Gasteiger partial charge in [0.15, 0.2) is 5.16 Å². The number of hydrogen-bond donors (Lipinski definition) is 0. The van der Waals surface area contributed by atoms with Crippen LogP contribution in [0.3, 0.4) is 0 Å². The smallest absolute Gasteiger partial charge is 0.266 e. The summed E-state index contributed by atoms with van der Waals surface area (Å²) in [6.07, 6.45) is 0. The van der Waals surface area contributed by atoms with E-state index in [1.165, 1.54) is 16.7 Å². The number of amides is 1. The number of benzene rings is 2. The van der Waals surface area contributed by atoms with Crippen molar-refractivity contribution >= 4 is 28.6 Å². The lowest BCUT2D eigenvalue weighted by molar-refractivity contribution is -0.130. The maximum atomic E-state index is 13.3. The van der Waals surface area contributed by atoms with E-state index in [4.69, 9.17) is 0 Å². The van der Waals surface area contributed by atoms with Crippen molar-refractivity contribution in [3.05, 3.63) is 63.9 Å². The van der Waals surface area contributed by atoms with E-state index in [9.17, 15) is 14.9 Å². The van der Waals surface area contributed by atoms with Crippen molar-refractivity contribution in [2.75, 3.05) is 12.8 Å². The van der Waals surface area contributed by atoms with Gasteiger partial charge in [-0.25, -0.2) is 4.98 Å². The number of nitrogens with zero attached hydrogens (tertiary/aromatic N) is 4. The van der Waals surface area contributed by atoms with Crippen molar-refractivity contribution in [3.8, 4) is 11.8 Å². The number of carbonyl (C=O) groups excluding carboxylic acids is 1. The maximum Gasteiger partial charge on any atom is 0.266 e. The normalized spacial score (nSPS) is 11.3. The molecule has 0 saturated carbocycles. The van der Waals surface area contributed by atoms with Gasteiger partial charge in [-0.1, -0.05) is 30.0 Å². The molecule has 0 N–H and O–H groups in total. The fourth-order valence-corrected chi connectivity index (χ4v) is 3.84. The highest BCUT2D eigenvalue weighted by molar-refractivity contribution is 7.99. The van der Waals surface area contributed by atoms with Crippen LogP contribution in [0.5, 0.6) is 0 Å². The molecule has 30 heavy (non-hydrogen) atoms. The van der Waals surface area contributed by atoms with Crippen molar-refractivity contribution in [1.82, 2.24) is 14.5 Å². The van der Waals surface area contributed by atoms with Gasteiger partial charge >= 0.3 is 0 Å². The van der Waals surface area contributed by atoms with E-state index in [0.717, 1.165) is 11.1 Å². The first-order valence-corrected chi connectivity index (χ1v) is 10.5. The van der Waals surface area contributed by atoms with E-state index in [1.54, 1.807) is 37.6 Å². The van der Waals surface area contributed by atoms with Crippen LogP contribution in [0.25, 0.3) is 16.6 Å². The molecule has 3 rings (SSSR count). The Labute approximate surface area is 180 Å². The number of nitriles is 1. The van der Waals surface area contributed by atoms with Gasteiger partial charge in [-0.15, -0.1) is 0 Å². The van der Waals surface area contributed by atoms with Gasteiger partial charge in [0.2, 0.25) is 5.91 Å².